The van der Waals surface area contributed by atoms with Crippen LogP contribution in [0.4, 0.5) is 0 Å². The fourth-order valence-electron chi connectivity index (χ4n) is 3.63. The first-order chi connectivity index (χ1) is 14.2. The molecule has 0 unspecified atom stereocenters. The normalized spacial score (nSPS) is 24.5. The van der Waals surface area contributed by atoms with Crippen LogP contribution in [-0.4, -0.2) is 64.0 Å². The molecule has 0 amide bonds. The monoisotopic (exact) mass is 429 g/mol. The van der Waals surface area contributed by atoms with E-state index >= 15 is 0 Å². The number of carbonyl (C=O) groups excluding carboxylic acids is 1. The Labute approximate surface area is 177 Å². The van der Waals surface area contributed by atoms with Crippen molar-refractivity contribution in [2.75, 3.05) is 45.2 Å². The van der Waals surface area contributed by atoms with E-state index in [-0.39, 0.29) is 5.12 Å². The standard InChI is InChI=1S/C22H27NO4SSi/c24-22(21-9-7-20(8-10-21)19-5-2-1-3-6-19)28-17-4-18-29-25-14-11-23(12-15-26-29)13-16-27-29/h1-3,5-10H,4,11-18H2. The van der Waals surface area contributed by atoms with Crippen LogP contribution in [0.2, 0.25) is 6.04 Å². The van der Waals surface area contributed by atoms with E-state index in [1.807, 2.05) is 42.5 Å². The zero-order chi connectivity index (χ0) is 19.9. The molecule has 2 aromatic carbocycles. The lowest BCUT2D eigenvalue weighted by molar-refractivity contribution is -0.00829. The molecule has 0 spiro atoms. The zero-order valence-corrected chi connectivity index (χ0v) is 18.4. The topological polar surface area (TPSA) is 48.0 Å². The van der Waals surface area contributed by atoms with Gasteiger partial charge in [-0.3, -0.25) is 9.69 Å². The smallest absolute Gasteiger partial charge is 0.372 e. The van der Waals surface area contributed by atoms with Crippen molar-refractivity contribution in [3.8, 4) is 11.1 Å². The third kappa shape index (κ3) is 5.57. The molecule has 154 valence electrons. The molecule has 3 heterocycles. The van der Waals surface area contributed by atoms with E-state index in [2.05, 4.69) is 17.0 Å². The fourth-order valence-corrected chi connectivity index (χ4v) is 7.17. The van der Waals surface area contributed by atoms with E-state index in [4.69, 9.17) is 13.3 Å². The van der Waals surface area contributed by atoms with Crippen LogP contribution in [0.1, 0.15) is 16.8 Å². The Balaban J connectivity index is 1.26. The molecule has 3 aliphatic heterocycles. The number of benzene rings is 2. The molecule has 0 radical (unpaired) electrons. The van der Waals surface area contributed by atoms with Crippen molar-refractivity contribution in [3.63, 3.8) is 0 Å². The average molecular weight is 430 g/mol. The van der Waals surface area contributed by atoms with Gasteiger partial charge in [0.25, 0.3) is 0 Å². The Morgan fingerprint density at radius 3 is 2.07 bits per heavy atom. The van der Waals surface area contributed by atoms with Gasteiger partial charge in [0, 0.05) is 37.0 Å². The Hall–Kier alpha value is -1.48. The molecule has 0 aliphatic carbocycles. The SMILES string of the molecule is O=C(SCCC[Si]12OCCN(CCO1)CCO2)c1ccc(-c2ccccc2)cc1. The Bertz CT molecular complexity index is 776. The zero-order valence-electron chi connectivity index (χ0n) is 16.5. The Morgan fingerprint density at radius 2 is 1.45 bits per heavy atom. The summed E-state index contributed by atoms with van der Waals surface area (Å²) in [6.45, 7) is 4.87. The number of carbonyl (C=O) groups is 1. The fraction of sp³-hybridized carbons (Fsp3) is 0.409. The minimum absolute atomic E-state index is 0.109. The van der Waals surface area contributed by atoms with Crippen molar-refractivity contribution < 1.29 is 18.1 Å². The van der Waals surface area contributed by atoms with E-state index in [0.717, 1.165) is 54.5 Å². The van der Waals surface area contributed by atoms with Crippen molar-refractivity contribution in [1.82, 2.24) is 4.90 Å². The average Bonchev–Trinajstić information content (AvgIpc) is 2.72. The van der Waals surface area contributed by atoms with Gasteiger partial charge >= 0.3 is 8.80 Å². The molecular formula is C22H27NO4SSi. The molecule has 3 aliphatic rings. The molecule has 3 saturated heterocycles. The van der Waals surface area contributed by atoms with Crippen LogP contribution in [-0.2, 0) is 13.3 Å². The van der Waals surface area contributed by atoms with Crippen molar-refractivity contribution >= 4 is 25.7 Å². The number of fused-ring (bicyclic) bond motifs is 6. The molecule has 0 aromatic heterocycles. The summed E-state index contributed by atoms with van der Waals surface area (Å²) in [6.07, 6.45) is 0.856. The molecule has 3 fully saturated rings. The van der Waals surface area contributed by atoms with Gasteiger partial charge in [0.05, 0.1) is 19.8 Å². The molecule has 2 bridgehead atoms. The summed E-state index contributed by atoms with van der Waals surface area (Å²) in [5, 5.41) is 0.109. The number of hydrogen-bond acceptors (Lipinski definition) is 6. The van der Waals surface area contributed by atoms with E-state index in [9.17, 15) is 4.79 Å². The Kier molecular flexibility index (Phi) is 7.18. The van der Waals surface area contributed by atoms with Gasteiger partial charge in [0.1, 0.15) is 0 Å². The maximum Gasteiger partial charge on any atom is 0.501 e. The molecule has 0 saturated carbocycles. The van der Waals surface area contributed by atoms with Crippen LogP contribution in [0.3, 0.4) is 0 Å². The minimum Gasteiger partial charge on any atom is -0.372 e. The second-order valence-corrected chi connectivity index (χ2v) is 11.1. The van der Waals surface area contributed by atoms with Crippen molar-refractivity contribution in [2.24, 2.45) is 0 Å². The first kappa shape index (κ1) is 20.8. The molecule has 0 N–H and O–H groups in total. The summed E-state index contributed by atoms with van der Waals surface area (Å²) in [5.41, 5.74) is 3.02. The second-order valence-electron chi connectivity index (χ2n) is 7.25. The van der Waals surface area contributed by atoms with Gasteiger partial charge < -0.3 is 13.3 Å². The lowest BCUT2D eigenvalue weighted by Crippen LogP contribution is -2.55. The molecule has 5 rings (SSSR count). The highest BCUT2D eigenvalue weighted by Crippen LogP contribution is 2.25. The van der Waals surface area contributed by atoms with Gasteiger partial charge in [0.15, 0.2) is 0 Å². The van der Waals surface area contributed by atoms with Crippen LogP contribution >= 0.6 is 11.8 Å². The third-order valence-corrected chi connectivity index (χ3v) is 9.17. The van der Waals surface area contributed by atoms with Crippen LogP contribution in [0.25, 0.3) is 11.1 Å². The lowest BCUT2D eigenvalue weighted by Gasteiger charge is -2.38. The van der Waals surface area contributed by atoms with Crippen molar-refractivity contribution in [1.29, 1.82) is 0 Å². The predicted molar refractivity (Wildman–Crippen MR) is 118 cm³/mol. The van der Waals surface area contributed by atoms with Gasteiger partial charge in [-0.1, -0.05) is 54.2 Å². The molecule has 5 nitrogen and oxygen atoms in total. The maximum absolute atomic E-state index is 12.5. The van der Waals surface area contributed by atoms with E-state index in [1.165, 1.54) is 11.8 Å². The summed E-state index contributed by atoms with van der Waals surface area (Å²) >= 11 is 1.36. The number of nitrogens with zero attached hydrogens (tertiary/aromatic N) is 1. The molecule has 29 heavy (non-hydrogen) atoms. The van der Waals surface area contributed by atoms with E-state index in [0.29, 0.717) is 19.8 Å². The largest absolute Gasteiger partial charge is 0.501 e. The molecule has 7 heteroatoms. The van der Waals surface area contributed by atoms with Crippen LogP contribution in [0, 0.1) is 0 Å². The maximum atomic E-state index is 12.5. The Morgan fingerprint density at radius 1 is 0.862 bits per heavy atom. The summed E-state index contributed by atoms with van der Waals surface area (Å²) < 4.78 is 18.1. The summed E-state index contributed by atoms with van der Waals surface area (Å²) in [6, 6.07) is 18.8. The van der Waals surface area contributed by atoms with Crippen molar-refractivity contribution in [3.05, 3.63) is 60.2 Å². The minimum atomic E-state index is -2.57. The summed E-state index contributed by atoms with van der Waals surface area (Å²) in [4.78, 5) is 14.8. The van der Waals surface area contributed by atoms with Crippen LogP contribution in [0.15, 0.2) is 54.6 Å². The quantitative estimate of drug-likeness (QED) is 0.512. The first-order valence-corrected chi connectivity index (χ1v) is 13.1. The van der Waals surface area contributed by atoms with Crippen LogP contribution in [0.5, 0.6) is 0 Å². The highest BCUT2D eigenvalue weighted by atomic mass is 32.2. The second kappa shape index (κ2) is 10.0. The lowest BCUT2D eigenvalue weighted by atomic mass is 10.0. The highest BCUT2D eigenvalue weighted by Gasteiger charge is 2.43. The van der Waals surface area contributed by atoms with Crippen LogP contribution < -0.4 is 0 Å². The summed E-state index contributed by atoms with van der Waals surface area (Å²) in [7, 11) is -2.57. The van der Waals surface area contributed by atoms with Gasteiger partial charge in [0.2, 0.25) is 5.12 Å². The predicted octanol–water partition coefficient (Wildman–Crippen LogP) is 3.94. The van der Waals surface area contributed by atoms with Gasteiger partial charge in [-0.2, -0.15) is 0 Å². The van der Waals surface area contributed by atoms with Gasteiger partial charge in [-0.15, -0.1) is 0 Å². The first-order valence-electron chi connectivity index (χ1n) is 10.2. The van der Waals surface area contributed by atoms with Crippen molar-refractivity contribution in [2.45, 2.75) is 12.5 Å². The molecule has 2 aromatic rings. The third-order valence-electron chi connectivity index (χ3n) is 5.28. The highest BCUT2D eigenvalue weighted by molar-refractivity contribution is 8.14. The van der Waals surface area contributed by atoms with Gasteiger partial charge in [-0.25, -0.2) is 0 Å². The van der Waals surface area contributed by atoms with E-state index < -0.39 is 8.80 Å². The van der Waals surface area contributed by atoms with Gasteiger partial charge in [-0.05, 0) is 29.7 Å². The molecule has 0 atom stereocenters. The number of rotatable bonds is 6. The summed E-state index contributed by atoms with van der Waals surface area (Å²) in [5.74, 6) is 0.746. The number of hydrogen-bond donors (Lipinski definition) is 0. The molecular weight excluding hydrogens is 402 g/mol. The van der Waals surface area contributed by atoms with E-state index in [1.54, 1.807) is 0 Å². The number of thioether (sulfide) groups is 1.